The summed E-state index contributed by atoms with van der Waals surface area (Å²) in [4.78, 5) is 22.3. The van der Waals surface area contributed by atoms with Crippen molar-refractivity contribution < 1.29 is 131 Å². The third kappa shape index (κ3) is 30.4. The molecule has 0 atom stereocenters. The van der Waals surface area contributed by atoms with Gasteiger partial charge < -0.3 is 29.5 Å². The number of para-hydroxylation sites is 2. The molecule has 0 spiro atoms. The minimum Gasteiger partial charge on any atom is -0.309 e. The van der Waals surface area contributed by atoms with Crippen molar-refractivity contribution in [3.05, 3.63) is 456 Å². The second-order valence-corrected chi connectivity index (χ2v) is 35.3. The SMILES string of the molecule is CCCCc1ccc(-c2[c-]ccc(-c3cccc(C)c3)c2)nc1.CCCCc1ccc(-c2cc(-c3ccc(C)cn3)[c-]cc2C(F)(F)F)cc1.CCCCc1cccc(-c2cc(-c3ccc(C)cn3)[c-]cc2C(F)(F)F)c1.CCCCc1cccc(-c2cc(-c3ccc(C)cn3)[c-]cc2F)c1.Cc1ccc(-c2[c-]ccc(-c3cccc(-c4cccc(-n5c6ccccc6c6ccccc65)c4)c3)c2)nc1.[Ir].[Ir].[Ir].[Ir].[Ir]. The molecule has 0 aliphatic heterocycles. The van der Waals surface area contributed by atoms with Crippen LogP contribution in [-0.4, -0.2) is 29.5 Å². The van der Waals surface area contributed by atoms with Gasteiger partial charge in [0.1, 0.15) is 0 Å². The van der Waals surface area contributed by atoms with Gasteiger partial charge in [0.05, 0.1) is 11.0 Å². The van der Waals surface area contributed by atoms with E-state index in [1.54, 1.807) is 48.8 Å². The van der Waals surface area contributed by atoms with Crippen LogP contribution in [0.2, 0.25) is 0 Å². The van der Waals surface area contributed by atoms with Gasteiger partial charge >= 0.3 is 12.4 Å². The van der Waals surface area contributed by atoms with Crippen LogP contribution in [0.1, 0.15) is 140 Å². The maximum Gasteiger partial charge on any atom is 0.382 e. The number of aromatic nitrogens is 6. The monoisotopic (exact) mass is 2800 g/mol. The van der Waals surface area contributed by atoms with Crippen LogP contribution >= 0.6 is 0 Å². The molecule has 0 fully saturated rings. The molecule has 0 aliphatic rings. The first-order chi connectivity index (χ1) is 67.4. The van der Waals surface area contributed by atoms with Gasteiger partial charge in [-0.25, -0.2) is 0 Å². The van der Waals surface area contributed by atoms with Crippen molar-refractivity contribution in [2.24, 2.45) is 0 Å². The summed E-state index contributed by atoms with van der Waals surface area (Å²) in [6.07, 6.45) is 13.1. The van der Waals surface area contributed by atoms with E-state index in [1.807, 2.05) is 124 Å². The summed E-state index contributed by atoms with van der Waals surface area (Å²) in [6.45, 7) is 18.6. The minimum atomic E-state index is -4.44. The normalized spacial score (nSPS) is 10.8. The van der Waals surface area contributed by atoms with Gasteiger partial charge in [-0.2, -0.15) is 26.3 Å². The molecule has 0 N–H and O–H groups in total. The quantitative estimate of drug-likeness (QED) is 0.0445. The Balaban J connectivity index is 0.000000186. The number of pyridine rings is 5. The van der Waals surface area contributed by atoms with E-state index in [0.29, 0.717) is 39.2 Å². The van der Waals surface area contributed by atoms with Crippen molar-refractivity contribution in [2.75, 3.05) is 0 Å². The number of aryl methyl sites for hydroxylation is 9. The molecular formula is C126H110F7Ir5N6-5. The fourth-order valence-corrected chi connectivity index (χ4v) is 16.8. The largest absolute Gasteiger partial charge is 0.382 e. The van der Waals surface area contributed by atoms with Gasteiger partial charge in [-0.3, -0.25) is 4.39 Å². The molecule has 743 valence electrons. The van der Waals surface area contributed by atoms with Gasteiger partial charge in [0.15, 0.2) is 0 Å². The van der Waals surface area contributed by atoms with Crippen LogP contribution in [0, 0.1) is 70.8 Å². The summed E-state index contributed by atoms with van der Waals surface area (Å²) in [5.41, 5.74) is 30.5. The molecule has 19 rings (SSSR count). The second-order valence-electron chi connectivity index (χ2n) is 35.3. The van der Waals surface area contributed by atoms with Gasteiger partial charge in [0.25, 0.3) is 0 Å². The van der Waals surface area contributed by atoms with E-state index in [1.165, 1.54) is 91.3 Å². The number of fused-ring (bicyclic) bond motifs is 3. The molecule has 6 heterocycles. The first kappa shape index (κ1) is 114. The van der Waals surface area contributed by atoms with Crippen molar-refractivity contribution in [2.45, 2.75) is 152 Å². The van der Waals surface area contributed by atoms with Crippen molar-refractivity contribution >= 4 is 21.8 Å². The standard InChI is InChI=1S/C36H25N2.2C23H21F3N.C22H21FN.C22H22N.5Ir/c1-25-19-20-34(37-24-25)30-13-7-11-28(22-30)26-9-6-10-27(21-26)29-12-8-14-31(23-29)38-35-17-4-2-15-32(35)33-16-3-5-18-36(33)38;1-3-4-6-17-7-5-8-18(13-17)20-14-19(10-11-21(20)23(24,25)26)22-12-9-16(2)15-27-22;1-3-4-5-17-7-9-18(10-8-17)20-14-19(11-12-21(20)23(24,25)26)22-13-6-16(2)15-27-22;1-3-4-6-17-7-5-8-18(13-17)20-14-19(10-11-21(20)23)22-12-9-16(2)15-24-22;1-3-4-8-18-12-13-22(23-16-18)21-11-6-10-20(15-21)19-9-5-7-17(2)14-19;;;;;/h2-12,14-24H,1H3;5,7-9,11-15H,3-4,6H2,1-2H3;6-10,12-15H,3-5H2,1-2H3;5,7-9,11-15H,3-4,6H2,1-2H3;5-7,9-10,12-16H,3-4,8H2,1-2H3;;;;;/q5*-1;;;;;. The van der Waals surface area contributed by atoms with Crippen LogP contribution < -0.4 is 0 Å². The van der Waals surface area contributed by atoms with E-state index in [4.69, 9.17) is 0 Å². The van der Waals surface area contributed by atoms with Crippen LogP contribution in [0.4, 0.5) is 30.7 Å². The van der Waals surface area contributed by atoms with E-state index in [9.17, 15) is 30.7 Å². The topological polar surface area (TPSA) is 69.4 Å². The average molecular weight is 2800 g/mol. The predicted octanol–water partition coefficient (Wildman–Crippen LogP) is 34.9. The molecule has 0 unspecified atom stereocenters. The Morgan fingerprint density at radius 2 is 0.604 bits per heavy atom. The number of alkyl halides is 6. The Morgan fingerprint density at radius 3 is 1.02 bits per heavy atom. The third-order valence-electron chi connectivity index (χ3n) is 24.4. The Bertz CT molecular complexity index is 7280. The van der Waals surface area contributed by atoms with Crippen LogP contribution in [0.3, 0.4) is 0 Å². The zero-order valence-corrected chi connectivity index (χ0v) is 93.5. The van der Waals surface area contributed by atoms with Crippen LogP contribution in [0.5, 0.6) is 0 Å². The molecule has 6 nitrogen and oxygen atoms in total. The molecule has 0 bridgehead atoms. The first-order valence-corrected chi connectivity index (χ1v) is 47.7. The van der Waals surface area contributed by atoms with E-state index in [0.717, 1.165) is 160 Å². The van der Waals surface area contributed by atoms with Crippen molar-refractivity contribution in [1.82, 2.24) is 29.5 Å². The number of hydrogen-bond donors (Lipinski definition) is 0. The van der Waals surface area contributed by atoms with Gasteiger partial charge in [-0.05, 0) is 239 Å². The van der Waals surface area contributed by atoms with Gasteiger partial charge in [0, 0.05) is 154 Å². The average Bonchev–Trinajstić information content (AvgIpc) is 1.60. The maximum atomic E-state index is 14.4. The summed E-state index contributed by atoms with van der Waals surface area (Å²) in [7, 11) is 0. The fourth-order valence-electron chi connectivity index (χ4n) is 16.8. The maximum absolute atomic E-state index is 14.4. The zero-order chi connectivity index (χ0) is 97.4. The van der Waals surface area contributed by atoms with Crippen LogP contribution in [0.15, 0.2) is 359 Å². The van der Waals surface area contributed by atoms with Crippen LogP contribution in [-0.2, 0) is 139 Å². The number of halogens is 7. The first-order valence-electron chi connectivity index (χ1n) is 47.7. The van der Waals surface area contributed by atoms with Gasteiger partial charge in [-0.1, -0.05) is 300 Å². The smallest absolute Gasteiger partial charge is 0.309 e. The minimum absolute atomic E-state index is 0. The summed E-state index contributed by atoms with van der Waals surface area (Å²) in [6, 6.07) is 122. The van der Waals surface area contributed by atoms with Crippen LogP contribution in [0.25, 0.3) is 151 Å². The van der Waals surface area contributed by atoms with Crippen molar-refractivity contribution in [3.8, 4) is 129 Å². The van der Waals surface area contributed by atoms with E-state index in [2.05, 4.69) is 283 Å². The molecule has 13 aromatic carbocycles. The molecule has 0 saturated carbocycles. The number of nitrogens with zero attached hydrogens (tertiary/aromatic N) is 6. The molecule has 19 aromatic rings. The number of unbranched alkanes of at least 4 members (excludes halogenated alkanes) is 4. The Hall–Kier alpha value is -11.8. The number of rotatable bonds is 24. The number of hydrogen-bond acceptors (Lipinski definition) is 5. The van der Waals surface area contributed by atoms with E-state index >= 15 is 0 Å². The van der Waals surface area contributed by atoms with E-state index < -0.39 is 23.5 Å². The van der Waals surface area contributed by atoms with Gasteiger partial charge in [-0.15, -0.1) is 142 Å². The Morgan fingerprint density at radius 1 is 0.264 bits per heavy atom. The van der Waals surface area contributed by atoms with Crippen molar-refractivity contribution in [1.29, 1.82) is 0 Å². The molecule has 18 heteroatoms. The molecule has 6 aromatic heterocycles. The predicted molar refractivity (Wildman–Crippen MR) is 558 cm³/mol. The molecule has 144 heavy (non-hydrogen) atoms. The zero-order valence-electron chi connectivity index (χ0n) is 81.5. The van der Waals surface area contributed by atoms with E-state index in [-0.39, 0.29) is 117 Å². The molecule has 0 amide bonds. The Kier molecular flexibility index (Phi) is 43.5. The molecule has 5 radical (unpaired) electrons. The molecule has 0 saturated heterocycles. The molecule has 0 aliphatic carbocycles. The number of benzene rings is 13. The summed E-state index contributed by atoms with van der Waals surface area (Å²) in [5.74, 6) is -0.251. The summed E-state index contributed by atoms with van der Waals surface area (Å²) < 4.78 is 98.1. The summed E-state index contributed by atoms with van der Waals surface area (Å²) in [5, 5.41) is 2.55. The summed E-state index contributed by atoms with van der Waals surface area (Å²) >= 11 is 0. The van der Waals surface area contributed by atoms with Crippen molar-refractivity contribution in [3.63, 3.8) is 0 Å². The second kappa shape index (κ2) is 54.9. The fraction of sp³-hybridized carbons (Fsp3) is 0.183. The third-order valence-corrected chi connectivity index (χ3v) is 24.4. The molecular weight excluding hydrogens is 2690 g/mol. The van der Waals surface area contributed by atoms with Gasteiger partial charge in [0.2, 0.25) is 0 Å². The Labute approximate surface area is 910 Å².